The number of aromatic hydroxyl groups is 2. The van der Waals surface area contributed by atoms with Crippen LogP contribution in [-0.2, 0) is 0 Å². The lowest BCUT2D eigenvalue weighted by atomic mass is 10.2. The minimum Gasteiger partial charge on any atom is -0.508 e. The van der Waals surface area contributed by atoms with Gasteiger partial charge < -0.3 is 10.2 Å². The first-order chi connectivity index (χ1) is 8.56. The third kappa shape index (κ3) is 2.94. The summed E-state index contributed by atoms with van der Waals surface area (Å²) < 4.78 is 0. The van der Waals surface area contributed by atoms with Gasteiger partial charge in [-0.1, -0.05) is 23.2 Å². The fraction of sp³-hybridized carbons (Fsp3) is 0. The van der Waals surface area contributed by atoms with Crippen molar-refractivity contribution in [2.75, 3.05) is 0 Å². The van der Waals surface area contributed by atoms with E-state index in [1.807, 2.05) is 0 Å². The molecule has 0 heterocycles. The molecule has 0 spiro atoms. The lowest BCUT2D eigenvalue weighted by Gasteiger charge is -2.02. The van der Waals surface area contributed by atoms with Crippen LogP contribution in [0.3, 0.4) is 0 Å². The minimum atomic E-state index is -0.0661. The van der Waals surface area contributed by atoms with Crippen molar-refractivity contribution < 1.29 is 10.2 Å². The first-order valence-corrected chi connectivity index (χ1v) is 5.83. The topological polar surface area (TPSA) is 52.8 Å². The molecule has 3 nitrogen and oxygen atoms in total. The summed E-state index contributed by atoms with van der Waals surface area (Å²) in [6.07, 6.45) is 1.46. The highest BCUT2D eigenvalue weighted by Crippen LogP contribution is 2.30. The van der Waals surface area contributed by atoms with Crippen molar-refractivity contribution in [1.82, 2.24) is 0 Å². The summed E-state index contributed by atoms with van der Waals surface area (Å²) in [4.78, 5) is 4.15. The minimum absolute atomic E-state index is 0.0661. The van der Waals surface area contributed by atoms with Crippen LogP contribution >= 0.6 is 23.2 Å². The van der Waals surface area contributed by atoms with Gasteiger partial charge in [-0.2, -0.15) is 0 Å². The molecular formula is C13H9Cl2NO2. The van der Waals surface area contributed by atoms with Gasteiger partial charge in [0.1, 0.15) is 11.5 Å². The zero-order valence-corrected chi connectivity index (χ0v) is 10.7. The highest BCUT2D eigenvalue weighted by atomic mass is 35.5. The Kier molecular flexibility index (Phi) is 3.75. The van der Waals surface area contributed by atoms with Gasteiger partial charge in [-0.3, -0.25) is 4.99 Å². The van der Waals surface area contributed by atoms with E-state index in [0.717, 1.165) is 0 Å². The molecule has 2 rings (SSSR count). The van der Waals surface area contributed by atoms with Crippen LogP contribution in [0.5, 0.6) is 11.5 Å². The van der Waals surface area contributed by atoms with E-state index in [4.69, 9.17) is 28.3 Å². The molecule has 92 valence electrons. The van der Waals surface area contributed by atoms with E-state index in [2.05, 4.69) is 4.99 Å². The maximum Gasteiger partial charge on any atom is 0.143 e. The van der Waals surface area contributed by atoms with E-state index in [-0.39, 0.29) is 16.5 Å². The van der Waals surface area contributed by atoms with Gasteiger partial charge in [0.2, 0.25) is 0 Å². The number of halogens is 2. The Balaban J connectivity index is 2.31. The lowest BCUT2D eigenvalue weighted by molar-refractivity contribution is 0.474. The van der Waals surface area contributed by atoms with Crippen LogP contribution in [0, 0.1) is 0 Å². The third-order valence-electron chi connectivity index (χ3n) is 2.26. The monoisotopic (exact) mass is 281 g/mol. The molecule has 0 saturated heterocycles. The standard InChI is InChI=1S/C13H9Cl2NO2/c14-9-5-8(13(18)12(15)6-9)7-16-10-1-3-11(17)4-2-10/h1-7,17-18H. The molecule has 0 aromatic heterocycles. The summed E-state index contributed by atoms with van der Waals surface area (Å²) in [5.74, 6) is 0.103. The van der Waals surface area contributed by atoms with Gasteiger partial charge in [-0.05, 0) is 36.4 Å². The normalized spacial score (nSPS) is 11.0. The molecule has 0 unspecified atom stereocenters. The fourth-order valence-electron chi connectivity index (χ4n) is 1.37. The zero-order chi connectivity index (χ0) is 13.1. The van der Waals surface area contributed by atoms with Gasteiger partial charge in [-0.15, -0.1) is 0 Å². The van der Waals surface area contributed by atoms with Crippen molar-refractivity contribution in [3.8, 4) is 11.5 Å². The third-order valence-corrected chi connectivity index (χ3v) is 2.77. The molecule has 0 amide bonds. The molecule has 0 saturated carbocycles. The molecule has 5 heteroatoms. The Hall–Kier alpha value is -1.71. The maximum absolute atomic E-state index is 9.72. The molecule has 0 bridgehead atoms. The van der Waals surface area contributed by atoms with E-state index in [1.165, 1.54) is 24.4 Å². The van der Waals surface area contributed by atoms with Gasteiger partial charge in [0.25, 0.3) is 0 Å². The summed E-state index contributed by atoms with van der Waals surface area (Å²) in [6, 6.07) is 9.36. The molecule has 18 heavy (non-hydrogen) atoms. The maximum atomic E-state index is 9.72. The summed E-state index contributed by atoms with van der Waals surface area (Å²) in [5.41, 5.74) is 1.07. The van der Waals surface area contributed by atoms with E-state index in [1.54, 1.807) is 18.2 Å². The zero-order valence-electron chi connectivity index (χ0n) is 9.14. The van der Waals surface area contributed by atoms with Crippen molar-refractivity contribution in [3.05, 3.63) is 52.0 Å². The van der Waals surface area contributed by atoms with E-state index < -0.39 is 0 Å². The average Bonchev–Trinajstić information content (AvgIpc) is 2.34. The van der Waals surface area contributed by atoms with Gasteiger partial charge in [0.15, 0.2) is 0 Å². The quantitative estimate of drug-likeness (QED) is 0.813. The fourth-order valence-corrected chi connectivity index (χ4v) is 1.88. The number of benzene rings is 2. The molecule has 0 atom stereocenters. The molecule has 0 fully saturated rings. The summed E-state index contributed by atoms with van der Waals surface area (Å²) >= 11 is 11.6. The second-order valence-electron chi connectivity index (χ2n) is 3.60. The van der Waals surface area contributed by atoms with Crippen LogP contribution in [0.15, 0.2) is 41.4 Å². The SMILES string of the molecule is Oc1ccc(N=Cc2cc(Cl)cc(Cl)c2O)cc1. The van der Waals surface area contributed by atoms with Gasteiger partial charge >= 0.3 is 0 Å². The number of aliphatic imine (C=N–C) groups is 1. The number of nitrogens with zero attached hydrogens (tertiary/aromatic N) is 1. The molecule has 0 radical (unpaired) electrons. The predicted octanol–water partition coefficient (Wildman–Crippen LogP) is 4.16. The molecule has 2 N–H and O–H groups in total. The Morgan fingerprint density at radius 1 is 1.00 bits per heavy atom. The number of phenols is 2. The summed E-state index contributed by atoms with van der Waals surface area (Å²) in [7, 11) is 0. The van der Waals surface area contributed by atoms with E-state index in [0.29, 0.717) is 16.3 Å². The van der Waals surface area contributed by atoms with Crippen LogP contribution in [0.1, 0.15) is 5.56 Å². The Morgan fingerprint density at radius 2 is 1.67 bits per heavy atom. The molecule has 0 aliphatic rings. The first kappa shape index (κ1) is 12.7. The summed E-state index contributed by atoms with van der Waals surface area (Å²) in [5, 5.41) is 19.5. The Labute approximate surface area is 114 Å². The van der Waals surface area contributed by atoms with Gasteiger partial charge in [-0.25, -0.2) is 0 Å². The molecule has 2 aromatic rings. The van der Waals surface area contributed by atoms with E-state index in [9.17, 15) is 5.11 Å². The average molecular weight is 282 g/mol. The number of hydrogen-bond acceptors (Lipinski definition) is 3. The highest BCUT2D eigenvalue weighted by molar-refractivity contribution is 6.36. The smallest absolute Gasteiger partial charge is 0.143 e. The second kappa shape index (κ2) is 5.29. The lowest BCUT2D eigenvalue weighted by Crippen LogP contribution is -1.83. The number of phenolic OH excluding ortho intramolecular Hbond substituents is 2. The number of rotatable bonds is 2. The van der Waals surface area contributed by atoms with Crippen LogP contribution in [-0.4, -0.2) is 16.4 Å². The summed E-state index contributed by atoms with van der Waals surface area (Å²) in [6.45, 7) is 0. The van der Waals surface area contributed by atoms with Crippen molar-refractivity contribution >= 4 is 35.1 Å². The predicted molar refractivity (Wildman–Crippen MR) is 73.5 cm³/mol. The Bertz CT molecular complexity index is 595. The second-order valence-corrected chi connectivity index (χ2v) is 4.44. The first-order valence-electron chi connectivity index (χ1n) is 5.07. The molecule has 2 aromatic carbocycles. The van der Waals surface area contributed by atoms with Crippen LogP contribution < -0.4 is 0 Å². The van der Waals surface area contributed by atoms with E-state index >= 15 is 0 Å². The van der Waals surface area contributed by atoms with Crippen molar-refractivity contribution in [3.63, 3.8) is 0 Å². The molecular weight excluding hydrogens is 273 g/mol. The Morgan fingerprint density at radius 3 is 2.33 bits per heavy atom. The van der Waals surface area contributed by atoms with Crippen LogP contribution in [0.4, 0.5) is 5.69 Å². The molecule has 0 aliphatic heterocycles. The van der Waals surface area contributed by atoms with Crippen LogP contribution in [0.2, 0.25) is 10.0 Å². The van der Waals surface area contributed by atoms with Crippen molar-refractivity contribution in [2.24, 2.45) is 4.99 Å². The van der Waals surface area contributed by atoms with Crippen molar-refractivity contribution in [1.29, 1.82) is 0 Å². The van der Waals surface area contributed by atoms with Crippen LogP contribution in [0.25, 0.3) is 0 Å². The van der Waals surface area contributed by atoms with Crippen molar-refractivity contribution in [2.45, 2.75) is 0 Å². The van der Waals surface area contributed by atoms with Gasteiger partial charge in [0, 0.05) is 16.8 Å². The number of hydrogen-bond donors (Lipinski definition) is 2. The largest absolute Gasteiger partial charge is 0.508 e. The van der Waals surface area contributed by atoms with Gasteiger partial charge in [0.05, 0.1) is 10.7 Å². The molecule has 0 aliphatic carbocycles. The highest BCUT2D eigenvalue weighted by Gasteiger charge is 2.05.